The molecule has 0 rings (SSSR count). The molecule has 0 aliphatic heterocycles. The van der Waals surface area contributed by atoms with Crippen molar-refractivity contribution >= 4 is 0 Å². The Bertz CT molecular complexity index is 152. The minimum absolute atomic E-state index is 0.388. The minimum atomic E-state index is -1.49. The number of halogens is 1. The molecule has 0 fully saturated rings. The number of nitrogens with zero attached hydrogens (tertiary/aromatic N) is 1. The molecule has 0 radical (unpaired) electrons. The average molecular weight is 206 g/mol. The van der Waals surface area contributed by atoms with Crippen molar-refractivity contribution in [2.75, 3.05) is 34.3 Å². The molecule has 2 nitrogen and oxygen atoms in total. The Kier molecular flexibility index (Phi) is 5.60. The Morgan fingerprint density at radius 1 is 1.21 bits per heavy atom. The van der Waals surface area contributed by atoms with Gasteiger partial charge in [-0.3, -0.25) is 0 Å². The summed E-state index contributed by atoms with van der Waals surface area (Å²) in [6, 6.07) is 0. The van der Waals surface area contributed by atoms with E-state index in [0.717, 1.165) is 19.3 Å². The van der Waals surface area contributed by atoms with Crippen LogP contribution in [0, 0.1) is 0 Å². The lowest BCUT2D eigenvalue weighted by atomic mass is 10.2. The van der Waals surface area contributed by atoms with Gasteiger partial charge in [0.1, 0.15) is 6.54 Å². The van der Waals surface area contributed by atoms with Crippen LogP contribution in [0.4, 0.5) is 4.39 Å². The maximum atomic E-state index is 13.8. The number of quaternary nitrogens is 1. The van der Waals surface area contributed by atoms with E-state index in [2.05, 4.69) is 6.92 Å². The molecule has 0 aromatic heterocycles. The van der Waals surface area contributed by atoms with Crippen molar-refractivity contribution < 1.29 is 13.6 Å². The second-order valence-corrected chi connectivity index (χ2v) is 5.11. The number of likely N-dealkylation sites (N-methyl/N-ethyl adjacent to an activating group) is 1. The van der Waals surface area contributed by atoms with Crippen LogP contribution in [-0.2, 0) is 4.74 Å². The van der Waals surface area contributed by atoms with Gasteiger partial charge in [-0.05, 0) is 6.42 Å². The fourth-order valence-electron chi connectivity index (χ4n) is 1.53. The molecule has 0 saturated carbocycles. The molecule has 3 heteroatoms. The summed E-state index contributed by atoms with van der Waals surface area (Å²) >= 11 is 0. The van der Waals surface area contributed by atoms with Crippen LogP contribution in [0.5, 0.6) is 0 Å². The Hall–Kier alpha value is -0.150. The van der Waals surface area contributed by atoms with Crippen LogP contribution < -0.4 is 0 Å². The zero-order valence-corrected chi connectivity index (χ0v) is 10.3. The van der Waals surface area contributed by atoms with Crippen LogP contribution in [-0.4, -0.2) is 44.6 Å². The zero-order valence-electron chi connectivity index (χ0n) is 10.3. The van der Waals surface area contributed by atoms with Crippen LogP contribution in [0.2, 0.25) is 0 Å². The van der Waals surface area contributed by atoms with E-state index in [0.29, 0.717) is 17.6 Å². The minimum Gasteiger partial charge on any atom is -0.342 e. The third kappa shape index (κ3) is 8.45. The van der Waals surface area contributed by atoms with Gasteiger partial charge in [-0.25, -0.2) is 4.39 Å². The number of ether oxygens (including phenoxy) is 1. The summed E-state index contributed by atoms with van der Waals surface area (Å²) in [5.74, 6) is -1.49. The maximum Gasteiger partial charge on any atom is 0.255 e. The first kappa shape index (κ1) is 13.8. The summed E-state index contributed by atoms with van der Waals surface area (Å²) in [5.41, 5.74) is 0. The van der Waals surface area contributed by atoms with E-state index in [9.17, 15) is 4.39 Å². The van der Waals surface area contributed by atoms with Crippen LogP contribution in [0.25, 0.3) is 0 Å². The lowest BCUT2D eigenvalue weighted by Gasteiger charge is -2.31. The van der Waals surface area contributed by atoms with Gasteiger partial charge in [-0.1, -0.05) is 19.8 Å². The van der Waals surface area contributed by atoms with E-state index in [1.807, 2.05) is 21.1 Å². The molecule has 14 heavy (non-hydrogen) atoms. The monoisotopic (exact) mass is 206 g/mol. The second kappa shape index (κ2) is 5.66. The van der Waals surface area contributed by atoms with Crippen LogP contribution in [0.15, 0.2) is 0 Å². The van der Waals surface area contributed by atoms with E-state index >= 15 is 0 Å². The molecule has 0 aromatic rings. The number of hydrogen-bond donors (Lipinski definition) is 0. The van der Waals surface area contributed by atoms with Crippen molar-refractivity contribution in [3.63, 3.8) is 0 Å². The van der Waals surface area contributed by atoms with Crippen molar-refractivity contribution in [2.24, 2.45) is 0 Å². The van der Waals surface area contributed by atoms with Crippen molar-refractivity contribution in [2.45, 2.75) is 39.0 Å². The smallest absolute Gasteiger partial charge is 0.255 e. The van der Waals surface area contributed by atoms with Gasteiger partial charge in [-0.15, -0.1) is 0 Å². The Balaban J connectivity index is 3.72. The zero-order chi connectivity index (χ0) is 11.2. The summed E-state index contributed by atoms with van der Waals surface area (Å²) in [4.78, 5) is 0. The first-order chi connectivity index (χ1) is 6.27. The summed E-state index contributed by atoms with van der Waals surface area (Å²) < 4.78 is 19.6. The van der Waals surface area contributed by atoms with Crippen LogP contribution in [0.1, 0.15) is 33.1 Å². The van der Waals surface area contributed by atoms with Gasteiger partial charge < -0.3 is 9.22 Å². The third-order valence-corrected chi connectivity index (χ3v) is 1.91. The normalized spacial score (nSPS) is 16.7. The maximum absolute atomic E-state index is 13.8. The SMILES string of the molecule is CCCCCOC(C)(F)C[N+](C)(C)C. The van der Waals surface area contributed by atoms with Crippen molar-refractivity contribution in [1.82, 2.24) is 0 Å². The molecule has 0 aliphatic carbocycles. The number of rotatable bonds is 7. The van der Waals surface area contributed by atoms with Crippen molar-refractivity contribution in [3.05, 3.63) is 0 Å². The van der Waals surface area contributed by atoms with Gasteiger partial charge in [-0.2, -0.15) is 0 Å². The topological polar surface area (TPSA) is 9.23 Å². The predicted molar refractivity (Wildman–Crippen MR) is 57.9 cm³/mol. The summed E-state index contributed by atoms with van der Waals surface area (Å²) in [5, 5.41) is 0. The Morgan fingerprint density at radius 3 is 2.21 bits per heavy atom. The molecule has 0 saturated heterocycles. The fraction of sp³-hybridized carbons (Fsp3) is 1.00. The second-order valence-electron chi connectivity index (χ2n) is 5.11. The standard InChI is InChI=1S/C11H25FNO/c1-6-7-8-9-14-11(2,12)10-13(3,4)5/h6-10H2,1-5H3/q+1. The molecule has 0 bridgehead atoms. The average Bonchev–Trinajstić information content (AvgIpc) is 1.93. The lowest BCUT2D eigenvalue weighted by Crippen LogP contribution is -2.46. The first-order valence-electron chi connectivity index (χ1n) is 5.40. The number of alkyl halides is 1. The number of hydrogen-bond acceptors (Lipinski definition) is 1. The quantitative estimate of drug-likeness (QED) is 0.459. The highest BCUT2D eigenvalue weighted by molar-refractivity contribution is 4.58. The highest BCUT2D eigenvalue weighted by Crippen LogP contribution is 2.16. The molecule has 1 atom stereocenters. The van der Waals surface area contributed by atoms with Crippen molar-refractivity contribution in [1.29, 1.82) is 0 Å². The van der Waals surface area contributed by atoms with Gasteiger partial charge in [0.2, 0.25) is 0 Å². The summed E-state index contributed by atoms with van der Waals surface area (Å²) in [7, 11) is 5.90. The van der Waals surface area contributed by atoms with Gasteiger partial charge in [0.05, 0.1) is 27.7 Å². The molecule has 0 aliphatic rings. The van der Waals surface area contributed by atoms with Gasteiger partial charge in [0.15, 0.2) is 0 Å². The van der Waals surface area contributed by atoms with Crippen LogP contribution in [0.3, 0.4) is 0 Å². The number of unbranched alkanes of at least 4 members (excludes halogenated alkanes) is 2. The van der Waals surface area contributed by atoms with Gasteiger partial charge in [0.25, 0.3) is 5.85 Å². The molecular weight excluding hydrogens is 181 g/mol. The van der Waals surface area contributed by atoms with E-state index in [-0.39, 0.29) is 0 Å². The summed E-state index contributed by atoms with van der Waals surface area (Å²) in [6.07, 6.45) is 3.20. The first-order valence-corrected chi connectivity index (χ1v) is 5.40. The molecular formula is C11H25FNO+. The highest BCUT2D eigenvalue weighted by atomic mass is 19.2. The molecule has 0 heterocycles. The van der Waals surface area contributed by atoms with Gasteiger partial charge in [0, 0.05) is 6.92 Å². The Morgan fingerprint density at radius 2 is 1.79 bits per heavy atom. The molecule has 1 unspecified atom stereocenters. The molecule has 0 aromatic carbocycles. The molecule has 0 spiro atoms. The third-order valence-electron chi connectivity index (χ3n) is 1.91. The van der Waals surface area contributed by atoms with E-state index in [1.54, 1.807) is 0 Å². The highest BCUT2D eigenvalue weighted by Gasteiger charge is 2.31. The molecule has 0 N–H and O–H groups in total. The largest absolute Gasteiger partial charge is 0.342 e. The van der Waals surface area contributed by atoms with Gasteiger partial charge >= 0.3 is 0 Å². The molecule has 86 valence electrons. The lowest BCUT2D eigenvalue weighted by molar-refractivity contribution is -0.879. The van der Waals surface area contributed by atoms with E-state index in [4.69, 9.17) is 4.74 Å². The Labute approximate surface area is 87.6 Å². The molecule has 0 amide bonds. The van der Waals surface area contributed by atoms with E-state index in [1.165, 1.54) is 6.92 Å². The predicted octanol–water partition coefficient (Wildman–Crippen LogP) is 2.59. The van der Waals surface area contributed by atoms with Crippen LogP contribution >= 0.6 is 0 Å². The van der Waals surface area contributed by atoms with E-state index < -0.39 is 5.85 Å². The summed E-state index contributed by atoms with van der Waals surface area (Å²) in [6.45, 7) is 4.56. The van der Waals surface area contributed by atoms with Crippen molar-refractivity contribution in [3.8, 4) is 0 Å². The fourth-order valence-corrected chi connectivity index (χ4v) is 1.53.